The van der Waals surface area contributed by atoms with Gasteiger partial charge in [0.25, 0.3) is 0 Å². The molecule has 0 fully saturated rings. The minimum atomic E-state index is -0.508. The third-order valence-electron chi connectivity index (χ3n) is 3.16. The molecule has 0 unspecified atom stereocenters. The Labute approximate surface area is 134 Å². The van der Waals surface area contributed by atoms with Gasteiger partial charge in [-0.1, -0.05) is 6.92 Å². The summed E-state index contributed by atoms with van der Waals surface area (Å²) in [5.74, 6) is 0.898. The lowest BCUT2D eigenvalue weighted by molar-refractivity contribution is -0.384. The first kappa shape index (κ1) is 16.4. The molecular weight excluding hydrogens is 296 g/mol. The molecule has 7 heteroatoms. The Kier molecular flexibility index (Phi) is 5.62. The molecule has 120 valence electrons. The number of ether oxygens (including phenoxy) is 1. The molecule has 0 spiro atoms. The summed E-state index contributed by atoms with van der Waals surface area (Å²) in [5, 5.41) is 14.8. The van der Waals surface area contributed by atoms with Gasteiger partial charge in [-0.05, 0) is 49.2 Å². The van der Waals surface area contributed by atoms with E-state index in [1.165, 1.54) is 18.3 Å². The van der Waals surface area contributed by atoms with Crippen LogP contribution in [0.2, 0.25) is 0 Å². The Balaban J connectivity index is 2.00. The van der Waals surface area contributed by atoms with Crippen LogP contribution in [0, 0.1) is 10.1 Å². The summed E-state index contributed by atoms with van der Waals surface area (Å²) in [7, 11) is 0. The van der Waals surface area contributed by atoms with E-state index in [0.717, 1.165) is 17.7 Å². The summed E-state index contributed by atoms with van der Waals surface area (Å²) in [6, 6.07) is 10.3. The van der Waals surface area contributed by atoms with E-state index in [-0.39, 0.29) is 17.6 Å². The maximum Gasteiger partial charge on any atom is 0.313 e. The SMILES string of the molecule is CC[C@H](C)Oc1ccc(/C=N\Nc2ncccc2[N+](=O)[O-])cc1. The molecule has 0 bridgehead atoms. The van der Waals surface area contributed by atoms with E-state index in [1.807, 2.05) is 31.2 Å². The van der Waals surface area contributed by atoms with Crippen LogP contribution < -0.4 is 10.2 Å². The number of hydrogen-bond donors (Lipinski definition) is 1. The summed E-state index contributed by atoms with van der Waals surface area (Å²) in [6.07, 6.45) is 4.13. The molecule has 2 rings (SSSR count). The van der Waals surface area contributed by atoms with E-state index in [9.17, 15) is 10.1 Å². The lowest BCUT2D eigenvalue weighted by atomic mass is 10.2. The van der Waals surface area contributed by atoms with Crippen molar-refractivity contribution in [3.05, 3.63) is 58.3 Å². The van der Waals surface area contributed by atoms with Crippen LogP contribution in [-0.4, -0.2) is 22.2 Å². The molecule has 1 atom stereocenters. The summed E-state index contributed by atoms with van der Waals surface area (Å²) >= 11 is 0. The van der Waals surface area contributed by atoms with E-state index in [2.05, 4.69) is 22.4 Å². The molecule has 0 aliphatic rings. The summed E-state index contributed by atoms with van der Waals surface area (Å²) in [5.41, 5.74) is 3.30. The normalized spacial score (nSPS) is 12.1. The van der Waals surface area contributed by atoms with Gasteiger partial charge in [0.15, 0.2) is 0 Å². The number of hydrogen-bond acceptors (Lipinski definition) is 6. The summed E-state index contributed by atoms with van der Waals surface area (Å²) in [4.78, 5) is 14.3. The highest BCUT2D eigenvalue weighted by molar-refractivity contribution is 5.80. The van der Waals surface area contributed by atoms with Gasteiger partial charge in [0.1, 0.15) is 5.75 Å². The smallest absolute Gasteiger partial charge is 0.313 e. The number of anilines is 1. The Hall–Kier alpha value is -2.96. The quantitative estimate of drug-likeness (QED) is 0.479. The van der Waals surface area contributed by atoms with E-state index in [4.69, 9.17) is 4.74 Å². The molecule has 0 aliphatic carbocycles. The van der Waals surface area contributed by atoms with Crippen molar-refractivity contribution < 1.29 is 9.66 Å². The van der Waals surface area contributed by atoms with Crippen molar-refractivity contribution in [3.8, 4) is 5.75 Å². The Morgan fingerprint density at radius 3 is 2.78 bits per heavy atom. The highest BCUT2D eigenvalue weighted by Gasteiger charge is 2.12. The second kappa shape index (κ2) is 7.88. The highest BCUT2D eigenvalue weighted by atomic mass is 16.6. The molecule has 0 amide bonds. The molecule has 0 saturated carbocycles. The maximum absolute atomic E-state index is 10.9. The number of nitro groups is 1. The molecule has 1 aromatic heterocycles. The van der Waals surface area contributed by atoms with Crippen LogP contribution in [-0.2, 0) is 0 Å². The predicted octanol–water partition coefficient (Wildman–Crippen LogP) is 3.61. The van der Waals surface area contributed by atoms with Gasteiger partial charge in [0, 0.05) is 12.3 Å². The van der Waals surface area contributed by atoms with Gasteiger partial charge in [-0.15, -0.1) is 0 Å². The standard InChI is InChI=1S/C16H18N4O3/c1-3-12(2)23-14-8-6-13(7-9-14)11-18-19-16-15(20(21)22)5-4-10-17-16/h4-12H,3H2,1-2H3,(H,17,19)/b18-11-/t12-/m0/s1. The molecule has 1 N–H and O–H groups in total. The van der Waals surface area contributed by atoms with Gasteiger partial charge in [0.05, 0.1) is 17.2 Å². The molecule has 1 heterocycles. The van der Waals surface area contributed by atoms with E-state index in [0.29, 0.717) is 0 Å². The molecule has 0 saturated heterocycles. The van der Waals surface area contributed by atoms with Crippen LogP contribution in [0.1, 0.15) is 25.8 Å². The zero-order valence-electron chi connectivity index (χ0n) is 13.0. The number of hydrazone groups is 1. The van der Waals surface area contributed by atoms with Crippen molar-refractivity contribution in [3.63, 3.8) is 0 Å². The van der Waals surface area contributed by atoms with Gasteiger partial charge in [-0.25, -0.2) is 4.98 Å². The summed E-state index contributed by atoms with van der Waals surface area (Å²) < 4.78 is 5.69. The van der Waals surface area contributed by atoms with Crippen LogP contribution in [0.5, 0.6) is 5.75 Å². The van der Waals surface area contributed by atoms with E-state index in [1.54, 1.807) is 6.21 Å². The van der Waals surface area contributed by atoms with Crippen LogP contribution in [0.3, 0.4) is 0 Å². The molecule has 7 nitrogen and oxygen atoms in total. The molecule has 1 aromatic carbocycles. The van der Waals surface area contributed by atoms with Gasteiger partial charge < -0.3 is 4.74 Å². The largest absolute Gasteiger partial charge is 0.491 e. The fraction of sp³-hybridized carbons (Fsp3) is 0.250. The van der Waals surface area contributed by atoms with Crippen molar-refractivity contribution in [1.82, 2.24) is 4.98 Å². The van der Waals surface area contributed by atoms with Crippen molar-refractivity contribution in [2.75, 3.05) is 5.43 Å². The average Bonchev–Trinajstić information content (AvgIpc) is 2.56. The lowest BCUT2D eigenvalue weighted by Crippen LogP contribution is -2.09. The Bertz CT molecular complexity index is 686. The van der Waals surface area contributed by atoms with Gasteiger partial charge >= 0.3 is 5.69 Å². The average molecular weight is 314 g/mol. The monoisotopic (exact) mass is 314 g/mol. The van der Waals surface area contributed by atoms with Crippen molar-refractivity contribution in [1.29, 1.82) is 0 Å². The van der Waals surface area contributed by atoms with Crippen LogP contribution in [0.25, 0.3) is 0 Å². The van der Waals surface area contributed by atoms with Crippen molar-refractivity contribution >= 4 is 17.7 Å². The third-order valence-corrected chi connectivity index (χ3v) is 3.16. The van der Waals surface area contributed by atoms with Crippen molar-refractivity contribution in [2.24, 2.45) is 5.10 Å². The molecule has 0 aliphatic heterocycles. The Morgan fingerprint density at radius 2 is 2.13 bits per heavy atom. The molecule has 0 radical (unpaired) electrons. The second-order valence-corrected chi connectivity index (χ2v) is 4.90. The van der Waals surface area contributed by atoms with Crippen LogP contribution in [0.4, 0.5) is 11.5 Å². The van der Waals surface area contributed by atoms with E-state index < -0.39 is 4.92 Å². The van der Waals surface area contributed by atoms with Crippen LogP contribution >= 0.6 is 0 Å². The Morgan fingerprint density at radius 1 is 1.39 bits per heavy atom. The number of rotatable bonds is 7. The first-order valence-corrected chi connectivity index (χ1v) is 7.25. The molecule has 23 heavy (non-hydrogen) atoms. The van der Waals surface area contributed by atoms with Gasteiger partial charge in [-0.2, -0.15) is 5.10 Å². The minimum Gasteiger partial charge on any atom is -0.491 e. The number of aromatic nitrogens is 1. The molecular formula is C16H18N4O3. The fourth-order valence-corrected chi connectivity index (χ4v) is 1.75. The van der Waals surface area contributed by atoms with Gasteiger partial charge in [0.2, 0.25) is 5.82 Å². The number of pyridine rings is 1. The van der Waals surface area contributed by atoms with Crippen LogP contribution in [0.15, 0.2) is 47.7 Å². The first-order chi connectivity index (χ1) is 11.1. The number of benzene rings is 1. The maximum atomic E-state index is 10.9. The molecule has 2 aromatic rings. The topological polar surface area (TPSA) is 89.7 Å². The van der Waals surface area contributed by atoms with Gasteiger partial charge in [-0.3, -0.25) is 15.5 Å². The highest BCUT2D eigenvalue weighted by Crippen LogP contribution is 2.20. The zero-order chi connectivity index (χ0) is 16.7. The third kappa shape index (κ3) is 4.77. The summed E-state index contributed by atoms with van der Waals surface area (Å²) in [6.45, 7) is 4.08. The van der Waals surface area contributed by atoms with E-state index >= 15 is 0 Å². The lowest BCUT2D eigenvalue weighted by Gasteiger charge is -2.12. The predicted molar refractivity (Wildman–Crippen MR) is 88.9 cm³/mol. The number of nitrogens with one attached hydrogen (secondary N) is 1. The van der Waals surface area contributed by atoms with Crippen molar-refractivity contribution in [2.45, 2.75) is 26.4 Å². The first-order valence-electron chi connectivity index (χ1n) is 7.25. The second-order valence-electron chi connectivity index (χ2n) is 4.90. The minimum absolute atomic E-state index is 0.102. The zero-order valence-corrected chi connectivity index (χ0v) is 13.0. The number of nitrogens with zero attached hydrogens (tertiary/aromatic N) is 3. The fourth-order valence-electron chi connectivity index (χ4n) is 1.75.